The molecule has 3 amide bonds. The normalized spacial score (nSPS) is 16.5. The van der Waals surface area contributed by atoms with Gasteiger partial charge in [0.1, 0.15) is 6.04 Å². The van der Waals surface area contributed by atoms with E-state index in [-0.39, 0.29) is 42.5 Å². The Labute approximate surface area is 159 Å². The van der Waals surface area contributed by atoms with Crippen molar-refractivity contribution in [3.05, 3.63) is 71.8 Å². The quantitative estimate of drug-likeness (QED) is 0.802. The minimum absolute atomic E-state index is 0.0338. The molecule has 1 fully saturated rings. The van der Waals surface area contributed by atoms with E-state index in [1.165, 1.54) is 0 Å². The van der Waals surface area contributed by atoms with E-state index in [0.29, 0.717) is 0 Å². The van der Waals surface area contributed by atoms with Gasteiger partial charge in [-0.15, -0.1) is 0 Å². The van der Waals surface area contributed by atoms with Gasteiger partial charge in [0.25, 0.3) is 0 Å². The van der Waals surface area contributed by atoms with E-state index >= 15 is 0 Å². The third-order valence-corrected chi connectivity index (χ3v) is 5.04. The highest BCUT2D eigenvalue weighted by Gasteiger charge is 2.37. The molecule has 5 nitrogen and oxygen atoms in total. The van der Waals surface area contributed by atoms with Crippen LogP contribution in [0.15, 0.2) is 60.7 Å². The van der Waals surface area contributed by atoms with Crippen LogP contribution in [0.1, 0.15) is 43.7 Å². The van der Waals surface area contributed by atoms with E-state index < -0.39 is 6.04 Å². The van der Waals surface area contributed by atoms with Gasteiger partial charge in [0.15, 0.2) is 0 Å². The Morgan fingerprint density at radius 1 is 0.852 bits per heavy atom. The van der Waals surface area contributed by atoms with Crippen molar-refractivity contribution in [3.63, 3.8) is 0 Å². The van der Waals surface area contributed by atoms with E-state index in [4.69, 9.17) is 0 Å². The fraction of sp³-hybridized carbons (Fsp3) is 0.318. The molecule has 2 aromatic rings. The summed E-state index contributed by atoms with van der Waals surface area (Å²) in [6.07, 6.45) is 0.366. The lowest BCUT2D eigenvalue weighted by Gasteiger charge is -2.29. The summed E-state index contributed by atoms with van der Waals surface area (Å²) >= 11 is 0. The molecule has 1 heterocycles. The molecule has 0 aliphatic carbocycles. The zero-order chi connectivity index (χ0) is 19.4. The van der Waals surface area contributed by atoms with Crippen LogP contribution in [-0.2, 0) is 14.4 Å². The second kappa shape index (κ2) is 8.16. The molecule has 1 N–H and O–H groups in total. The maximum atomic E-state index is 12.7. The summed E-state index contributed by atoms with van der Waals surface area (Å²) in [5, 5.41) is 3.01. The van der Waals surface area contributed by atoms with Crippen LogP contribution < -0.4 is 5.32 Å². The Morgan fingerprint density at radius 3 is 1.74 bits per heavy atom. The molecule has 140 valence electrons. The highest BCUT2D eigenvalue weighted by Crippen LogP contribution is 2.28. The van der Waals surface area contributed by atoms with E-state index in [0.717, 1.165) is 16.0 Å². The number of carbonyl (C=O) groups is 3. The van der Waals surface area contributed by atoms with Gasteiger partial charge < -0.3 is 5.32 Å². The largest absolute Gasteiger partial charge is 0.351 e. The number of rotatable bonds is 6. The summed E-state index contributed by atoms with van der Waals surface area (Å²) in [6.45, 7) is 3.55. The SMILES string of the molecule is CC(NC(=O)C(C)N1C(=O)CCC1=O)C(c1ccccc1)c1ccccc1. The molecule has 2 unspecified atom stereocenters. The molecule has 1 saturated heterocycles. The summed E-state index contributed by atoms with van der Waals surface area (Å²) in [5.41, 5.74) is 2.19. The maximum absolute atomic E-state index is 12.7. The summed E-state index contributed by atoms with van der Waals surface area (Å²) < 4.78 is 0. The average molecular weight is 364 g/mol. The number of carbonyl (C=O) groups excluding carboxylic acids is 3. The second-order valence-electron chi connectivity index (χ2n) is 6.93. The monoisotopic (exact) mass is 364 g/mol. The smallest absolute Gasteiger partial charge is 0.243 e. The molecule has 0 bridgehead atoms. The van der Waals surface area contributed by atoms with Crippen molar-refractivity contribution >= 4 is 17.7 Å². The molecule has 27 heavy (non-hydrogen) atoms. The molecular weight excluding hydrogens is 340 g/mol. The number of nitrogens with zero attached hydrogens (tertiary/aromatic N) is 1. The highest BCUT2D eigenvalue weighted by molar-refractivity contribution is 6.05. The lowest BCUT2D eigenvalue weighted by atomic mass is 9.85. The molecule has 2 atom stereocenters. The van der Waals surface area contributed by atoms with Crippen LogP contribution in [0.2, 0.25) is 0 Å². The van der Waals surface area contributed by atoms with E-state index in [1.807, 2.05) is 67.6 Å². The number of benzene rings is 2. The summed E-state index contributed by atoms with van der Waals surface area (Å²) in [5.74, 6) is -0.910. The molecule has 0 saturated carbocycles. The highest BCUT2D eigenvalue weighted by atomic mass is 16.2. The van der Waals surface area contributed by atoms with Gasteiger partial charge in [-0.05, 0) is 25.0 Å². The van der Waals surface area contributed by atoms with Gasteiger partial charge in [-0.1, -0.05) is 60.7 Å². The lowest BCUT2D eigenvalue weighted by Crippen LogP contribution is -2.50. The van der Waals surface area contributed by atoms with Gasteiger partial charge in [-0.3, -0.25) is 19.3 Å². The van der Waals surface area contributed by atoms with E-state index in [2.05, 4.69) is 5.32 Å². The molecule has 0 aromatic heterocycles. The maximum Gasteiger partial charge on any atom is 0.243 e. The van der Waals surface area contributed by atoms with Crippen molar-refractivity contribution in [1.29, 1.82) is 0 Å². The van der Waals surface area contributed by atoms with Crippen LogP contribution in [0.4, 0.5) is 0 Å². The van der Waals surface area contributed by atoms with Crippen LogP contribution in [0, 0.1) is 0 Å². The lowest BCUT2D eigenvalue weighted by molar-refractivity contribution is -0.146. The molecular formula is C22H24N2O3. The topological polar surface area (TPSA) is 66.5 Å². The van der Waals surface area contributed by atoms with Crippen LogP contribution in [0.3, 0.4) is 0 Å². The fourth-order valence-electron chi connectivity index (χ4n) is 3.66. The Balaban J connectivity index is 1.80. The number of nitrogens with one attached hydrogen (secondary N) is 1. The first-order chi connectivity index (χ1) is 13.0. The van der Waals surface area contributed by atoms with Gasteiger partial charge in [-0.2, -0.15) is 0 Å². The molecule has 1 aliphatic rings. The van der Waals surface area contributed by atoms with E-state index in [9.17, 15) is 14.4 Å². The van der Waals surface area contributed by atoms with Gasteiger partial charge in [0, 0.05) is 24.8 Å². The second-order valence-corrected chi connectivity index (χ2v) is 6.93. The molecule has 2 aromatic carbocycles. The molecule has 3 rings (SSSR count). The molecule has 0 spiro atoms. The third kappa shape index (κ3) is 4.08. The molecule has 5 heteroatoms. The zero-order valence-corrected chi connectivity index (χ0v) is 15.6. The average Bonchev–Trinajstić information content (AvgIpc) is 3.01. The third-order valence-electron chi connectivity index (χ3n) is 5.04. The first kappa shape index (κ1) is 18.8. The van der Waals surface area contributed by atoms with Crippen molar-refractivity contribution in [2.45, 2.75) is 44.7 Å². The van der Waals surface area contributed by atoms with Crippen LogP contribution in [0.25, 0.3) is 0 Å². The van der Waals surface area contributed by atoms with Crippen molar-refractivity contribution in [2.75, 3.05) is 0 Å². The van der Waals surface area contributed by atoms with Gasteiger partial charge >= 0.3 is 0 Å². The first-order valence-electron chi connectivity index (χ1n) is 9.24. The zero-order valence-electron chi connectivity index (χ0n) is 15.6. The standard InChI is InChI=1S/C22H24N2O3/c1-15(23-22(27)16(2)24-19(25)13-14-20(24)26)21(17-9-5-3-6-10-17)18-11-7-4-8-12-18/h3-12,15-16,21H,13-14H2,1-2H3,(H,23,27). The van der Waals surface area contributed by atoms with Gasteiger partial charge in [0.2, 0.25) is 17.7 Å². The number of imide groups is 1. The molecule has 1 aliphatic heterocycles. The minimum Gasteiger partial charge on any atom is -0.351 e. The number of hydrogen-bond acceptors (Lipinski definition) is 3. The van der Waals surface area contributed by atoms with Crippen molar-refractivity contribution < 1.29 is 14.4 Å². The Kier molecular flexibility index (Phi) is 5.69. The number of amides is 3. The Morgan fingerprint density at radius 2 is 1.30 bits per heavy atom. The number of hydrogen-bond donors (Lipinski definition) is 1. The number of likely N-dealkylation sites (tertiary alicyclic amines) is 1. The van der Waals surface area contributed by atoms with Gasteiger partial charge in [-0.25, -0.2) is 0 Å². The van der Waals surface area contributed by atoms with Crippen LogP contribution in [0.5, 0.6) is 0 Å². The van der Waals surface area contributed by atoms with E-state index in [1.54, 1.807) is 6.92 Å². The fourth-order valence-corrected chi connectivity index (χ4v) is 3.66. The molecule has 0 radical (unpaired) electrons. The first-order valence-corrected chi connectivity index (χ1v) is 9.24. The van der Waals surface area contributed by atoms with Crippen molar-refractivity contribution in [2.24, 2.45) is 0 Å². The summed E-state index contributed by atoms with van der Waals surface area (Å²) in [4.78, 5) is 37.7. The Bertz CT molecular complexity index is 764. The summed E-state index contributed by atoms with van der Waals surface area (Å²) in [7, 11) is 0. The Hall–Kier alpha value is -2.95. The van der Waals surface area contributed by atoms with Crippen molar-refractivity contribution in [1.82, 2.24) is 10.2 Å². The van der Waals surface area contributed by atoms with Gasteiger partial charge in [0.05, 0.1) is 0 Å². The van der Waals surface area contributed by atoms with Crippen molar-refractivity contribution in [3.8, 4) is 0 Å². The minimum atomic E-state index is -0.804. The predicted octanol–water partition coefficient (Wildman–Crippen LogP) is 2.86. The predicted molar refractivity (Wildman–Crippen MR) is 103 cm³/mol. The van der Waals surface area contributed by atoms with Crippen LogP contribution >= 0.6 is 0 Å². The van der Waals surface area contributed by atoms with Crippen LogP contribution in [-0.4, -0.2) is 34.7 Å². The summed E-state index contributed by atoms with van der Waals surface area (Å²) in [6, 6.07) is 19.0.